The zero-order valence-electron chi connectivity index (χ0n) is 23.8. The van der Waals surface area contributed by atoms with Gasteiger partial charge in [0, 0.05) is 52.9 Å². The molecule has 0 aliphatic carbocycles. The van der Waals surface area contributed by atoms with E-state index in [1.807, 2.05) is 36.5 Å². The number of aromatic nitrogens is 4. The standard InChI is InChI=1S/C40H26N4/c1-5-30(31-6-2-8-33(24-31)35-10-3-11-37-36(35)13-12-29-9-4-18-43-40(29)37)23-32(7-1)34-25-38(27-14-19-41-20-15-27)44-39(26-34)28-16-21-42-22-17-28/h1-26H. The van der Waals surface area contributed by atoms with Gasteiger partial charge in [0.15, 0.2) is 0 Å². The molecule has 4 aromatic carbocycles. The molecule has 44 heavy (non-hydrogen) atoms. The molecule has 0 spiro atoms. The summed E-state index contributed by atoms with van der Waals surface area (Å²) in [5.74, 6) is 0. The quantitative estimate of drug-likeness (QED) is 0.196. The van der Waals surface area contributed by atoms with Crippen LogP contribution in [0.3, 0.4) is 0 Å². The van der Waals surface area contributed by atoms with Crippen LogP contribution in [0.25, 0.3) is 77.6 Å². The summed E-state index contributed by atoms with van der Waals surface area (Å²) in [5, 5.41) is 3.52. The summed E-state index contributed by atoms with van der Waals surface area (Å²) in [6.45, 7) is 0. The number of hydrogen-bond acceptors (Lipinski definition) is 4. The maximum atomic E-state index is 5.01. The van der Waals surface area contributed by atoms with Crippen LogP contribution in [0.1, 0.15) is 0 Å². The Morgan fingerprint density at radius 2 is 0.955 bits per heavy atom. The molecule has 0 radical (unpaired) electrons. The molecular weight excluding hydrogens is 536 g/mol. The summed E-state index contributed by atoms with van der Waals surface area (Å²) in [7, 11) is 0. The highest BCUT2D eigenvalue weighted by atomic mass is 14.7. The van der Waals surface area contributed by atoms with E-state index in [1.54, 1.807) is 24.8 Å². The molecule has 8 aromatic rings. The highest BCUT2D eigenvalue weighted by Gasteiger charge is 2.12. The Morgan fingerprint density at radius 3 is 1.64 bits per heavy atom. The van der Waals surface area contributed by atoms with Gasteiger partial charge >= 0.3 is 0 Å². The van der Waals surface area contributed by atoms with Gasteiger partial charge in [-0.3, -0.25) is 15.0 Å². The van der Waals surface area contributed by atoms with Gasteiger partial charge in [-0.05, 0) is 93.4 Å². The number of nitrogens with zero attached hydrogens (tertiary/aromatic N) is 4. The van der Waals surface area contributed by atoms with Crippen molar-refractivity contribution in [1.82, 2.24) is 19.9 Å². The molecule has 0 aliphatic heterocycles. The Hall–Kier alpha value is -6.00. The average Bonchev–Trinajstić information content (AvgIpc) is 3.12. The maximum Gasteiger partial charge on any atom is 0.0780 e. The lowest BCUT2D eigenvalue weighted by Crippen LogP contribution is -1.92. The molecule has 0 unspecified atom stereocenters. The molecule has 0 bridgehead atoms. The molecule has 0 amide bonds. The van der Waals surface area contributed by atoms with E-state index < -0.39 is 0 Å². The van der Waals surface area contributed by atoms with Gasteiger partial charge in [0.25, 0.3) is 0 Å². The molecule has 0 N–H and O–H groups in total. The topological polar surface area (TPSA) is 51.6 Å². The SMILES string of the molecule is c1cc(-c2cccc(-c3cccc4c3ccc3cccnc34)c2)cc(-c2cc(-c3ccncc3)nc(-c3ccncc3)c2)c1. The van der Waals surface area contributed by atoms with Crippen molar-refractivity contribution in [3.8, 4) is 55.9 Å². The number of hydrogen-bond donors (Lipinski definition) is 0. The molecule has 4 nitrogen and oxygen atoms in total. The van der Waals surface area contributed by atoms with Crippen LogP contribution >= 0.6 is 0 Å². The van der Waals surface area contributed by atoms with Gasteiger partial charge in [-0.1, -0.05) is 72.8 Å². The van der Waals surface area contributed by atoms with E-state index in [2.05, 4.69) is 112 Å². The van der Waals surface area contributed by atoms with Crippen molar-refractivity contribution in [3.05, 3.63) is 158 Å². The van der Waals surface area contributed by atoms with E-state index in [1.165, 1.54) is 21.9 Å². The summed E-state index contributed by atoms with van der Waals surface area (Å²) < 4.78 is 0. The molecule has 206 valence electrons. The highest BCUT2D eigenvalue weighted by Crippen LogP contribution is 2.36. The average molecular weight is 563 g/mol. The van der Waals surface area contributed by atoms with E-state index in [0.717, 1.165) is 55.7 Å². The Kier molecular flexibility index (Phi) is 6.43. The third-order valence-corrected chi connectivity index (χ3v) is 8.11. The Labute approximate surface area is 255 Å². The molecule has 0 saturated heterocycles. The van der Waals surface area contributed by atoms with Gasteiger partial charge in [-0.15, -0.1) is 0 Å². The normalized spacial score (nSPS) is 11.2. The van der Waals surface area contributed by atoms with Crippen LogP contribution in [0.2, 0.25) is 0 Å². The van der Waals surface area contributed by atoms with Crippen molar-refractivity contribution >= 4 is 21.7 Å². The Bertz CT molecular complexity index is 2220. The fraction of sp³-hybridized carbons (Fsp3) is 0. The number of benzene rings is 4. The second-order valence-corrected chi connectivity index (χ2v) is 10.8. The molecule has 0 saturated carbocycles. The first-order valence-electron chi connectivity index (χ1n) is 14.6. The van der Waals surface area contributed by atoms with Gasteiger partial charge in [0.2, 0.25) is 0 Å². The fourth-order valence-electron chi connectivity index (χ4n) is 5.94. The van der Waals surface area contributed by atoms with E-state index in [9.17, 15) is 0 Å². The molecule has 4 heteroatoms. The molecular formula is C40H26N4. The van der Waals surface area contributed by atoms with Crippen LogP contribution in [0.4, 0.5) is 0 Å². The van der Waals surface area contributed by atoms with E-state index in [4.69, 9.17) is 4.98 Å². The molecule has 4 aromatic heterocycles. The Morgan fingerprint density at radius 1 is 0.364 bits per heavy atom. The second kappa shape index (κ2) is 11.0. The minimum atomic E-state index is 0.905. The lowest BCUT2D eigenvalue weighted by molar-refractivity contribution is 1.27. The van der Waals surface area contributed by atoms with Crippen LogP contribution in [0.5, 0.6) is 0 Å². The third kappa shape index (κ3) is 4.79. The zero-order chi connectivity index (χ0) is 29.3. The van der Waals surface area contributed by atoms with Crippen LogP contribution in [-0.4, -0.2) is 19.9 Å². The van der Waals surface area contributed by atoms with Gasteiger partial charge in [-0.2, -0.15) is 0 Å². The van der Waals surface area contributed by atoms with Gasteiger partial charge in [-0.25, -0.2) is 4.98 Å². The largest absolute Gasteiger partial charge is 0.265 e. The maximum absolute atomic E-state index is 5.01. The van der Waals surface area contributed by atoms with Crippen molar-refractivity contribution < 1.29 is 0 Å². The lowest BCUT2D eigenvalue weighted by atomic mass is 9.93. The van der Waals surface area contributed by atoms with Crippen molar-refractivity contribution in [2.45, 2.75) is 0 Å². The summed E-state index contributed by atoms with van der Waals surface area (Å²) in [6, 6.07) is 44.8. The minimum Gasteiger partial charge on any atom is -0.265 e. The summed E-state index contributed by atoms with van der Waals surface area (Å²) in [6.07, 6.45) is 9.08. The minimum absolute atomic E-state index is 0.905. The number of rotatable bonds is 5. The lowest BCUT2D eigenvalue weighted by Gasteiger charge is -2.13. The van der Waals surface area contributed by atoms with E-state index in [-0.39, 0.29) is 0 Å². The fourth-order valence-corrected chi connectivity index (χ4v) is 5.94. The third-order valence-electron chi connectivity index (χ3n) is 8.11. The molecule has 4 heterocycles. The summed E-state index contributed by atoms with van der Waals surface area (Å²) in [4.78, 5) is 18.1. The Balaban J connectivity index is 1.22. The van der Waals surface area contributed by atoms with Crippen LogP contribution in [0, 0.1) is 0 Å². The predicted molar refractivity (Wildman–Crippen MR) is 180 cm³/mol. The molecule has 0 atom stereocenters. The number of fused-ring (bicyclic) bond motifs is 3. The molecule has 0 fully saturated rings. The molecule has 0 aliphatic rings. The monoisotopic (exact) mass is 562 g/mol. The van der Waals surface area contributed by atoms with Crippen LogP contribution < -0.4 is 0 Å². The van der Waals surface area contributed by atoms with E-state index in [0.29, 0.717) is 0 Å². The predicted octanol–water partition coefficient (Wildman–Crippen LogP) is 9.91. The smallest absolute Gasteiger partial charge is 0.0780 e. The second-order valence-electron chi connectivity index (χ2n) is 10.8. The van der Waals surface area contributed by atoms with Crippen molar-refractivity contribution in [3.63, 3.8) is 0 Å². The highest BCUT2D eigenvalue weighted by molar-refractivity contribution is 6.10. The zero-order valence-corrected chi connectivity index (χ0v) is 23.8. The van der Waals surface area contributed by atoms with Crippen molar-refractivity contribution in [2.24, 2.45) is 0 Å². The van der Waals surface area contributed by atoms with Gasteiger partial charge in [0.1, 0.15) is 0 Å². The first kappa shape index (κ1) is 25.7. The van der Waals surface area contributed by atoms with Crippen LogP contribution in [-0.2, 0) is 0 Å². The summed E-state index contributed by atoms with van der Waals surface area (Å²) >= 11 is 0. The van der Waals surface area contributed by atoms with Crippen molar-refractivity contribution in [1.29, 1.82) is 0 Å². The number of pyridine rings is 4. The summed E-state index contributed by atoms with van der Waals surface area (Å²) in [5.41, 5.74) is 11.8. The van der Waals surface area contributed by atoms with Gasteiger partial charge < -0.3 is 0 Å². The first-order valence-corrected chi connectivity index (χ1v) is 14.6. The molecule has 8 rings (SSSR count). The van der Waals surface area contributed by atoms with E-state index >= 15 is 0 Å². The first-order chi connectivity index (χ1) is 21.8. The van der Waals surface area contributed by atoms with Crippen LogP contribution in [0.15, 0.2) is 158 Å². The van der Waals surface area contributed by atoms with Crippen molar-refractivity contribution in [2.75, 3.05) is 0 Å². The van der Waals surface area contributed by atoms with Gasteiger partial charge in [0.05, 0.1) is 16.9 Å².